The SMILES string of the molecule is CC(O)CN(C)Cc1cc(-c2ccccc2)no1. The minimum atomic E-state index is -0.341. The summed E-state index contributed by atoms with van der Waals surface area (Å²) >= 11 is 0. The lowest BCUT2D eigenvalue weighted by atomic mass is 10.1. The van der Waals surface area contributed by atoms with Crippen LogP contribution < -0.4 is 0 Å². The Bertz CT molecular complexity index is 480. The Morgan fingerprint density at radius 3 is 2.72 bits per heavy atom. The lowest BCUT2D eigenvalue weighted by Gasteiger charge is -2.15. The van der Waals surface area contributed by atoms with Crippen molar-refractivity contribution in [3.8, 4) is 11.3 Å². The lowest BCUT2D eigenvalue weighted by molar-refractivity contribution is 0.132. The molecule has 0 spiro atoms. The van der Waals surface area contributed by atoms with Crippen LogP contribution in [0.4, 0.5) is 0 Å². The van der Waals surface area contributed by atoms with E-state index in [1.54, 1.807) is 6.92 Å². The maximum atomic E-state index is 9.30. The van der Waals surface area contributed by atoms with Gasteiger partial charge in [-0.3, -0.25) is 4.90 Å². The first-order valence-corrected chi connectivity index (χ1v) is 6.03. The zero-order valence-corrected chi connectivity index (χ0v) is 10.7. The molecule has 0 aliphatic carbocycles. The number of hydrogen-bond acceptors (Lipinski definition) is 4. The lowest BCUT2D eigenvalue weighted by Crippen LogP contribution is -2.26. The Morgan fingerprint density at radius 1 is 1.33 bits per heavy atom. The molecule has 2 rings (SSSR count). The number of benzene rings is 1. The first-order chi connectivity index (χ1) is 8.65. The van der Waals surface area contributed by atoms with E-state index in [1.807, 2.05) is 48.3 Å². The van der Waals surface area contributed by atoms with Gasteiger partial charge < -0.3 is 9.63 Å². The van der Waals surface area contributed by atoms with Crippen LogP contribution in [0.2, 0.25) is 0 Å². The summed E-state index contributed by atoms with van der Waals surface area (Å²) in [7, 11) is 1.94. The van der Waals surface area contributed by atoms with E-state index in [-0.39, 0.29) is 6.10 Å². The predicted molar refractivity (Wildman–Crippen MR) is 70.0 cm³/mol. The molecule has 18 heavy (non-hydrogen) atoms. The van der Waals surface area contributed by atoms with Crippen LogP contribution in [0.3, 0.4) is 0 Å². The summed E-state index contributed by atoms with van der Waals surface area (Å²) in [5.74, 6) is 0.803. The first kappa shape index (κ1) is 12.8. The summed E-state index contributed by atoms with van der Waals surface area (Å²) in [6.07, 6.45) is -0.341. The average Bonchev–Trinajstić information content (AvgIpc) is 2.77. The summed E-state index contributed by atoms with van der Waals surface area (Å²) in [5, 5.41) is 13.4. The minimum absolute atomic E-state index is 0.341. The van der Waals surface area contributed by atoms with Crippen molar-refractivity contribution in [1.29, 1.82) is 0 Å². The van der Waals surface area contributed by atoms with Crippen LogP contribution in [0.5, 0.6) is 0 Å². The Balaban J connectivity index is 2.03. The monoisotopic (exact) mass is 246 g/mol. The van der Waals surface area contributed by atoms with Gasteiger partial charge >= 0.3 is 0 Å². The molecule has 0 aliphatic heterocycles. The van der Waals surface area contributed by atoms with Gasteiger partial charge in [-0.2, -0.15) is 0 Å². The maximum absolute atomic E-state index is 9.30. The molecule has 0 saturated carbocycles. The highest BCUT2D eigenvalue weighted by molar-refractivity contribution is 5.58. The molecule has 1 unspecified atom stereocenters. The zero-order valence-electron chi connectivity index (χ0n) is 10.7. The summed E-state index contributed by atoms with van der Waals surface area (Å²) in [6, 6.07) is 11.9. The van der Waals surface area contributed by atoms with Crippen LogP contribution in [0, 0.1) is 0 Å². The number of aliphatic hydroxyl groups excluding tert-OH is 1. The molecule has 1 atom stereocenters. The smallest absolute Gasteiger partial charge is 0.151 e. The molecule has 1 heterocycles. The zero-order chi connectivity index (χ0) is 13.0. The molecule has 96 valence electrons. The van der Waals surface area contributed by atoms with E-state index >= 15 is 0 Å². The van der Waals surface area contributed by atoms with Crippen molar-refractivity contribution in [3.05, 3.63) is 42.2 Å². The van der Waals surface area contributed by atoms with E-state index in [4.69, 9.17) is 4.52 Å². The predicted octanol–water partition coefficient (Wildman–Crippen LogP) is 2.15. The molecule has 0 saturated heterocycles. The Hall–Kier alpha value is -1.65. The van der Waals surface area contributed by atoms with E-state index < -0.39 is 0 Å². The number of aliphatic hydroxyl groups is 1. The molecule has 4 nitrogen and oxygen atoms in total. The van der Waals surface area contributed by atoms with Crippen LogP contribution in [0.1, 0.15) is 12.7 Å². The highest BCUT2D eigenvalue weighted by Crippen LogP contribution is 2.19. The number of nitrogens with zero attached hydrogens (tertiary/aromatic N) is 2. The standard InChI is InChI=1S/C14H18N2O2/c1-11(17)9-16(2)10-13-8-14(15-18-13)12-6-4-3-5-7-12/h3-8,11,17H,9-10H2,1-2H3. The van der Waals surface area contributed by atoms with Crippen LogP contribution >= 0.6 is 0 Å². The third-order valence-corrected chi connectivity index (χ3v) is 2.63. The molecule has 0 fully saturated rings. The van der Waals surface area contributed by atoms with Crippen LogP contribution in [-0.2, 0) is 6.54 Å². The fraction of sp³-hybridized carbons (Fsp3) is 0.357. The highest BCUT2D eigenvalue weighted by Gasteiger charge is 2.09. The molecule has 0 radical (unpaired) electrons. The summed E-state index contributed by atoms with van der Waals surface area (Å²) in [6.45, 7) is 3.03. The van der Waals surface area contributed by atoms with E-state index in [2.05, 4.69) is 5.16 Å². The van der Waals surface area contributed by atoms with Gasteiger partial charge in [-0.25, -0.2) is 0 Å². The second-order valence-electron chi connectivity index (χ2n) is 4.59. The van der Waals surface area contributed by atoms with Crippen molar-refractivity contribution in [1.82, 2.24) is 10.1 Å². The number of aromatic nitrogens is 1. The molecule has 0 amide bonds. The third kappa shape index (κ3) is 3.42. The van der Waals surface area contributed by atoms with E-state index in [0.29, 0.717) is 13.1 Å². The molecule has 0 aliphatic rings. The summed E-state index contributed by atoms with van der Waals surface area (Å²) in [5.41, 5.74) is 1.89. The second kappa shape index (κ2) is 5.80. The van der Waals surface area contributed by atoms with Crippen molar-refractivity contribution in [2.75, 3.05) is 13.6 Å². The van der Waals surface area contributed by atoms with Crippen molar-refractivity contribution in [2.24, 2.45) is 0 Å². The molecule has 1 aromatic heterocycles. The second-order valence-corrected chi connectivity index (χ2v) is 4.59. The van der Waals surface area contributed by atoms with Gasteiger partial charge in [-0.15, -0.1) is 0 Å². The van der Waals surface area contributed by atoms with Gasteiger partial charge in [0.25, 0.3) is 0 Å². The summed E-state index contributed by atoms with van der Waals surface area (Å²) in [4.78, 5) is 2.00. The van der Waals surface area contributed by atoms with Crippen molar-refractivity contribution >= 4 is 0 Å². The van der Waals surface area contributed by atoms with E-state index in [9.17, 15) is 5.11 Å². The Morgan fingerprint density at radius 2 is 2.06 bits per heavy atom. The molecular formula is C14H18N2O2. The van der Waals surface area contributed by atoms with Gasteiger partial charge in [-0.1, -0.05) is 35.5 Å². The molecule has 4 heteroatoms. The number of rotatable bonds is 5. The molecular weight excluding hydrogens is 228 g/mol. The Labute approximate surface area is 107 Å². The maximum Gasteiger partial charge on any atom is 0.151 e. The van der Waals surface area contributed by atoms with Crippen LogP contribution in [-0.4, -0.2) is 34.9 Å². The fourth-order valence-electron chi connectivity index (χ4n) is 1.91. The number of likely N-dealkylation sites (N-methyl/N-ethyl adjacent to an activating group) is 1. The van der Waals surface area contributed by atoms with Gasteiger partial charge in [0.1, 0.15) is 5.69 Å². The largest absolute Gasteiger partial charge is 0.392 e. The molecule has 1 N–H and O–H groups in total. The quantitative estimate of drug-likeness (QED) is 0.878. The summed E-state index contributed by atoms with van der Waals surface area (Å²) < 4.78 is 5.30. The fourth-order valence-corrected chi connectivity index (χ4v) is 1.91. The van der Waals surface area contributed by atoms with E-state index in [1.165, 1.54) is 0 Å². The third-order valence-electron chi connectivity index (χ3n) is 2.63. The van der Waals surface area contributed by atoms with Crippen molar-refractivity contribution in [3.63, 3.8) is 0 Å². The van der Waals surface area contributed by atoms with Gasteiger partial charge in [-0.05, 0) is 14.0 Å². The molecule has 2 aromatic rings. The van der Waals surface area contributed by atoms with Crippen LogP contribution in [0.25, 0.3) is 11.3 Å². The normalized spacial score (nSPS) is 12.9. The number of hydrogen-bond donors (Lipinski definition) is 1. The van der Waals surface area contributed by atoms with E-state index in [0.717, 1.165) is 17.0 Å². The molecule has 0 bridgehead atoms. The van der Waals surface area contributed by atoms with Gasteiger partial charge in [0, 0.05) is 18.2 Å². The van der Waals surface area contributed by atoms with Gasteiger partial charge in [0.05, 0.1) is 12.6 Å². The highest BCUT2D eigenvalue weighted by atomic mass is 16.5. The topological polar surface area (TPSA) is 49.5 Å². The minimum Gasteiger partial charge on any atom is -0.392 e. The van der Waals surface area contributed by atoms with Gasteiger partial charge in [0.2, 0.25) is 0 Å². The average molecular weight is 246 g/mol. The van der Waals surface area contributed by atoms with Crippen molar-refractivity contribution in [2.45, 2.75) is 19.6 Å². The van der Waals surface area contributed by atoms with Crippen molar-refractivity contribution < 1.29 is 9.63 Å². The first-order valence-electron chi connectivity index (χ1n) is 6.03. The van der Waals surface area contributed by atoms with Gasteiger partial charge in [0.15, 0.2) is 5.76 Å². The van der Waals surface area contributed by atoms with Crippen LogP contribution in [0.15, 0.2) is 40.9 Å². The Kier molecular flexibility index (Phi) is 4.12. The molecule has 1 aromatic carbocycles.